The van der Waals surface area contributed by atoms with Gasteiger partial charge in [0.1, 0.15) is 6.61 Å². The number of esters is 1. The summed E-state index contributed by atoms with van der Waals surface area (Å²) in [6.45, 7) is 0.642. The third kappa shape index (κ3) is 8.72. The number of nitrogens with one attached hydrogen (secondary N) is 2. The summed E-state index contributed by atoms with van der Waals surface area (Å²) >= 11 is 3.82. The summed E-state index contributed by atoms with van der Waals surface area (Å²) in [6, 6.07) is 6.48. The molecule has 3 amide bonds. The van der Waals surface area contributed by atoms with Gasteiger partial charge in [-0.05, 0) is 30.5 Å². The van der Waals surface area contributed by atoms with E-state index >= 15 is 0 Å². The van der Waals surface area contributed by atoms with Gasteiger partial charge in [0.25, 0.3) is 0 Å². The van der Waals surface area contributed by atoms with Crippen LogP contribution in [0.3, 0.4) is 0 Å². The van der Waals surface area contributed by atoms with Crippen molar-refractivity contribution in [2.75, 3.05) is 17.6 Å². The van der Waals surface area contributed by atoms with E-state index in [2.05, 4.69) is 23.3 Å². The molecule has 0 heterocycles. The topological polar surface area (TPSA) is 111 Å². The Morgan fingerprint density at radius 3 is 2.43 bits per heavy atom. The van der Waals surface area contributed by atoms with Gasteiger partial charge in [0.2, 0.25) is 5.91 Å². The van der Waals surface area contributed by atoms with Crippen LogP contribution in [0, 0.1) is 0 Å². The fraction of sp³-hybridized carbons (Fsp3) is 0.400. The van der Waals surface area contributed by atoms with Gasteiger partial charge >= 0.3 is 12.0 Å². The van der Waals surface area contributed by atoms with Crippen LogP contribution in [0.5, 0.6) is 0 Å². The van der Waals surface area contributed by atoms with Gasteiger partial charge in [0.15, 0.2) is 0 Å². The minimum atomic E-state index is -0.561. The molecule has 0 aliphatic heterocycles. The van der Waals surface area contributed by atoms with Crippen molar-refractivity contribution in [3.8, 4) is 0 Å². The Labute approximate surface area is 140 Å². The largest absolute Gasteiger partial charge is 0.460 e. The predicted molar refractivity (Wildman–Crippen MR) is 90.2 cm³/mol. The Kier molecular flexibility index (Phi) is 8.59. The number of carbonyl (C=O) groups is 3. The first-order chi connectivity index (χ1) is 11.0. The number of unbranched alkanes of at least 4 members (excludes halogenated alkanes) is 1. The van der Waals surface area contributed by atoms with Gasteiger partial charge in [-0.2, -0.15) is 12.6 Å². The van der Waals surface area contributed by atoms with Crippen LogP contribution in [0.25, 0.3) is 0 Å². The summed E-state index contributed by atoms with van der Waals surface area (Å²) in [4.78, 5) is 33.2. The highest BCUT2D eigenvalue weighted by Gasteiger charge is 2.04. The van der Waals surface area contributed by atoms with Gasteiger partial charge in [-0.15, -0.1) is 0 Å². The van der Waals surface area contributed by atoms with Crippen molar-refractivity contribution in [1.82, 2.24) is 5.32 Å². The number of thiol groups is 1. The zero-order valence-electron chi connectivity index (χ0n) is 12.7. The second-order valence-corrected chi connectivity index (χ2v) is 5.13. The lowest BCUT2D eigenvalue weighted by molar-refractivity contribution is -0.141. The normalized spacial score (nSPS) is 9.96. The molecule has 126 valence electrons. The Bertz CT molecular complexity index is 534. The molecule has 1 aromatic rings. The summed E-state index contributed by atoms with van der Waals surface area (Å²) in [5.41, 5.74) is 6.44. The van der Waals surface area contributed by atoms with Gasteiger partial charge in [-0.3, -0.25) is 9.59 Å². The zero-order chi connectivity index (χ0) is 17.1. The lowest BCUT2D eigenvalue weighted by Crippen LogP contribution is -2.30. The minimum Gasteiger partial charge on any atom is -0.460 e. The molecule has 1 rings (SSSR count). The summed E-state index contributed by atoms with van der Waals surface area (Å²) in [5.74, 6) is -0.432. The summed E-state index contributed by atoms with van der Waals surface area (Å²) in [7, 11) is 0. The van der Waals surface area contributed by atoms with Crippen molar-refractivity contribution in [3.05, 3.63) is 29.8 Å². The molecule has 0 unspecified atom stereocenters. The molecule has 8 heteroatoms. The van der Waals surface area contributed by atoms with Gasteiger partial charge in [0, 0.05) is 18.7 Å². The molecular formula is C15H21N3O4S. The number of hydrogen-bond acceptors (Lipinski definition) is 5. The molecular weight excluding hydrogens is 318 g/mol. The summed E-state index contributed by atoms with van der Waals surface area (Å²) < 4.78 is 4.95. The molecule has 0 spiro atoms. The van der Waals surface area contributed by atoms with Crippen molar-refractivity contribution < 1.29 is 19.1 Å². The SMILES string of the molecule is NC(=O)NCCCCC(=O)Nc1ccc(COC(=O)CS)cc1. The molecule has 0 aliphatic carbocycles. The molecule has 0 saturated heterocycles. The number of urea groups is 1. The first-order valence-corrected chi connectivity index (χ1v) is 7.83. The van der Waals surface area contributed by atoms with Gasteiger partial charge in [-0.25, -0.2) is 4.79 Å². The standard InChI is InChI=1S/C15H21N3O4S/c16-15(21)17-8-2-1-3-13(19)18-12-6-4-11(5-7-12)9-22-14(20)10-23/h4-7,23H,1-3,8-10H2,(H,18,19)(H3,16,17,21). The monoisotopic (exact) mass is 339 g/mol. The lowest BCUT2D eigenvalue weighted by atomic mass is 10.2. The number of anilines is 1. The van der Waals surface area contributed by atoms with Crippen LogP contribution in [0.4, 0.5) is 10.5 Å². The number of ether oxygens (including phenoxy) is 1. The fourth-order valence-electron chi connectivity index (χ4n) is 1.74. The number of carbonyl (C=O) groups excluding carboxylic acids is 3. The second kappa shape index (κ2) is 10.5. The molecule has 1 aromatic carbocycles. The average Bonchev–Trinajstić information content (AvgIpc) is 2.53. The third-order valence-corrected chi connectivity index (χ3v) is 3.15. The Morgan fingerprint density at radius 1 is 1.13 bits per heavy atom. The van der Waals surface area contributed by atoms with Gasteiger partial charge < -0.3 is 21.1 Å². The molecule has 4 N–H and O–H groups in total. The van der Waals surface area contributed by atoms with E-state index in [4.69, 9.17) is 10.5 Å². The molecule has 0 saturated carbocycles. The van der Waals surface area contributed by atoms with Crippen LogP contribution in [-0.4, -0.2) is 30.2 Å². The van der Waals surface area contributed by atoms with Crippen LogP contribution in [-0.2, 0) is 20.9 Å². The van der Waals surface area contributed by atoms with E-state index in [1.807, 2.05) is 0 Å². The van der Waals surface area contributed by atoms with Crippen LogP contribution in [0.1, 0.15) is 24.8 Å². The van der Waals surface area contributed by atoms with Crippen LogP contribution >= 0.6 is 12.6 Å². The van der Waals surface area contributed by atoms with Crippen molar-refractivity contribution in [2.45, 2.75) is 25.9 Å². The van der Waals surface area contributed by atoms with Crippen LogP contribution in [0.15, 0.2) is 24.3 Å². The quantitative estimate of drug-likeness (QED) is 0.310. The van der Waals surface area contributed by atoms with E-state index in [9.17, 15) is 14.4 Å². The third-order valence-electron chi connectivity index (χ3n) is 2.90. The Morgan fingerprint density at radius 2 is 1.83 bits per heavy atom. The fourth-order valence-corrected chi connectivity index (χ4v) is 1.83. The van der Waals surface area contributed by atoms with E-state index in [0.29, 0.717) is 31.5 Å². The second-order valence-electron chi connectivity index (χ2n) is 4.81. The molecule has 0 bridgehead atoms. The summed E-state index contributed by atoms with van der Waals surface area (Å²) in [5, 5.41) is 5.24. The van der Waals surface area contributed by atoms with E-state index in [1.54, 1.807) is 24.3 Å². The lowest BCUT2D eigenvalue weighted by Gasteiger charge is -2.07. The van der Waals surface area contributed by atoms with Gasteiger partial charge in [-0.1, -0.05) is 12.1 Å². The van der Waals surface area contributed by atoms with E-state index in [-0.39, 0.29) is 24.2 Å². The zero-order valence-corrected chi connectivity index (χ0v) is 13.6. The highest BCUT2D eigenvalue weighted by molar-refractivity contribution is 7.81. The number of primary amides is 1. The Balaban J connectivity index is 2.27. The predicted octanol–water partition coefficient (Wildman–Crippen LogP) is 1.44. The number of rotatable bonds is 9. The van der Waals surface area contributed by atoms with Crippen molar-refractivity contribution in [2.24, 2.45) is 5.73 Å². The highest BCUT2D eigenvalue weighted by Crippen LogP contribution is 2.11. The number of amides is 3. The van der Waals surface area contributed by atoms with Crippen molar-refractivity contribution in [3.63, 3.8) is 0 Å². The molecule has 0 aliphatic rings. The van der Waals surface area contributed by atoms with E-state index < -0.39 is 6.03 Å². The average molecular weight is 339 g/mol. The number of benzene rings is 1. The first-order valence-electron chi connectivity index (χ1n) is 7.20. The Hall–Kier alpha value is -2.22. The maximum atomic E-state index is 11.7. The smallest absolute Gasteiger partial charge is 0.315 e. The number of hydrogen-bond donors (Lipinski definition) is 4. The maximum Gasteiger partial charge on any atom is 0.315 e. The van der Waals surface area contributed by atoms with E-state index in [1.165, 1.54) is 0 Å². The molecule has 23 heavy (non-hydrogen) atoms. The van der Waals surface area contributed by atoms with Crippen molar-refractivity contribution in [1.29, 1.82) is 0 Å². The first kappa shape index (κ1) is 18.8. The maximum absolute atomic E-state index is 11.7. The molecule has 0 radical (unpaired) electrons. The van der Waals surface area contributed by atoms with Crippen molar-refractivity contribution >= 4 is 36.2 Å². The molecule has 0 aromatic heterocycles. The molecule has 0 fully saturated rings. The van der Waals surface area contributed by atoms with E-state index in [0.717, 1.165) is 5.56 Å². The molecule has 7 nitrogen and oxygen atoms in total. The minimum absolute atomic E-state index is 0.0447. The number of nitrogens with two attached hydrogens (primary N) is 1. The molecule has 0 atom stereocenters. The van der Waals surface area contributed by atoms with Gasteiger partial charge in [0.05, 0.1) is 5.75 Å². The van der Waals surface area contributed by atoms with Crippen LogP contribution in [0.2, 0.25) is 0 Å². The summed E-state index contributed by atoms with van der Waals surface area (Å²) in [6.07, 6.45) is 1.71. The van der Waals surface area contributed by atoms with Crippen LogP contribution < -0.4 is 16.4 Å². The highest BCUT2D eigenvalue weighted by atomic mass is 32.1.